The minimum absolute atomic E-state index is 0.0115. The monoisotopic (exact) mass is 438 g/mol. The van der Waals surface area contributed by atoms with Crippen LogP contribution in [0.1, 0.15) is 70.6 Å². The minimum atomic E-state index is -0.0115. The summed E-state index contributed by atoms with van der Waals surface area (Å²) in [6.07, 6.45) is 5.40. The summed E-state index contributed by atoms with van der Waals surface area (Å²) in [5, 5.41) is 5.11. The molecule has 2 aromatic heterocycles. The molecule has 4 aromatic rings. The number of benzene rings is 2. The minimum Gasteiger partial charge on any atom is -0.497 e. The molecule has 0 bridgehead atoms. The molecule has 0 radical (unpaired) electrons. The van der Waals surface area contributed by atoms with E-state index in [4.69, 9.17) is 20.6 Å². The van der Waals surface area contributed by atoms with Crippen LogP contribution in [0.15, 0.2) is 42.5 Å². The molecule has 0 spiro atoms. The highest BCUT2D eigenvalue weighted by atomic mass is 16.5. The van der Waals surface area contributed by atoms with Gasteiger partial charge in [0.25, 0.3) is 0 Å². The first-order valence-corrected chi connectivity index (χ1v) is 12.0. The maximum Gasteiger partial charge on any atom is 0.163 e. The molecule has 6 rings (SSSR count). The molecule has 2 N–H and O–H groups in total. The molecule has 168 valence electrons. The Labute approximate surface area is 194 Å². The maximum atomic E-state index is 6.59. The Kier molecular flexibility index (Phi) is 4.77. The third-order valence-corrected chi connectivity index (χ3v) is 7.57. The highest BCUT2D eigenvalue weighted by Crippen LogP contribution is 2.43. The quantitative estimate of drug-likeness (QED) is 0.463. The molecule has 2 heterocycles. The second-order valence-corrected chi connectivity index (χ2v) is 9.53. The summed E-state index contributed by atoms with van der Waals surface area (Å²) in [5.41, 5.74) is 18.5. The van der Waals surface area contributed by atoms with E-state index < -0.39 is 0 Å². The van der Waals surface area contributed by atoms with E-state index in [1.165, 1.54) is 28.8 Å². The van der Waals surface area contributed by atoms with Crippen molar-refractivity contribution in [3.63, 3.8) is 0 Å². The third-order valence-electron chi connectivity index (χ3n) is 7.57. The number of aryl methyl sites for hydroxylation is 3. The lowest BCUT2D eigenvalue weighted by Gasteiger charge is -2.28. The van der Waals surface area contributed by atoms with Gasteiger partial charge in [-0.2, -0.15) is 5.10 Å². The van der Waals surface area contributed by atoms with Crippen molar-refractivity contribution in [2.75, 3.05) is 7.11 Å². The molecule has 2 atom stereocenters. The van der Waals surface area contributed by atoms with Crippen LogP contribution in [0, 0.1) is 13.8 Å². The lowest BCUT2D eigenvalue weighted by Crippen LogP contribution is -2.18. The van der Waals surface area contributed by atoms with E-state index in [9.17, 15) is 0 Å². The molecule has 2 aliphatic carbocycles. The molecular formula is C28H30N4O. The first-order chi connectivity index (χ1) is 16.1. The lowest BCUT2D eigenvalue weighted by atomic mass is 9.79. The Balaban J connectivity index is 1.64. The van der Waals surface area contributed by atoms with Gasteiger partial charge in [-0.25, -0.2) is 9.50 Å². The molecule has 0 saturated heterocycles. The van der Waals surface area contributed by atoms with E-state index in [1.54, 1.807) is 7.11 Å². The molecule has 2 aliphatic rings. The Morgan fingerprint density at radius 2 is 1.91 bits per heavy atom. The zero-order chi connectivity index (χ0) is 22.7. The van der Waals surface area contributed by atoms with Crippen LogP contribution in [0.4, 0.5) is 0 Å². The lowest BCUT2D eigenvalue weighted by molar-refractivity contribution is 0.414. The topological polar surface area (TPSA) is 65.4 Å². The summed E-state index contributed by atoms with van der Waals surface area (Å²) in [7, 11) is 1.70. The summed E-state index contributed by atoms with van der Waals surface area (Å²) in [6, 6.07) is 15.1. The van der Waals surface area contributed by atoms with Gasteiger partial charge < -0.3 is 10.5 Å². The summed E-state index contributed by atoms with van der Waals surface area (Å²) < 4.78 is 7.59. The number of methoxy groups -OCH3 is 1. The summed E-state index contributed by atoms with van der Waals surface area (Å²) in [5.74, 6) is 1.18. The Morgan fingerprint density at radius 1 is 1.06 bits per heavy atom. The van der Waals surface area contributed by atoms with Gasteiger partial charge in [-0.15, -0.1) is 0 Å². The molecule has 33 heavy (non-hydrogen) atoms. The zero-order valence-electron chi connectivity index (χ0n) is 19.6. The molecule has 0 fully saturated rings. The number of rotatable bonds is 3. The van der Waals surface area contributed by atoms with Crippen molar-refractivity contribution in [1.29, 1.82) is 0 Å². The predicted molar refractivity (Wildman–Crippen MR) is 131 cm³/mol. The van der Waals surface area contributed by atoms with Crippen molar-refractivity contribution in [2.24, 2.45) is 5.73 Å². The highest BCUT2D eigenvalue weighted by Gasteiger charge is 2.34. The number of fused-ring (bicyclic) bond motifs is 3. The van der Waals surface area contributed by atoms with Crippen molar-refractivity contribution < 1.29 is 4.74 Å². The Hall–Kier alpha value is -3.18. The first-order valence-electron chi connectivity index (χ1n) is 12.0. The van der Waals surface area contributed by atoms with Crippen LogP contribution in [-0.2, 0) is 12.8 Å². The number of nitrogens with zero attached hydrogens (tertiary/aromatic N) is 3. The van der Waals surface area contributed by atoms with Crippen LogP contribution < -0.4 is 10.5 Å². The summed E-state index contributed by atoms with van der Waals surface area (Å²) >= 11 is 0. The average Bonchev–Trinajstić information content (AvgIpc) is 3.36. The van der Waals surface area contributed by atoms with Crippen LogP contribution in [0.2, 0.25) is 0 Å². The van der Waals surface area contributed by atoms with Crippen LogP contribution in [-0.4, -0.2) is 21.7 Å². The van der Waals surface area contributed by atoms with Crippen molar-refractivity contribution in [2.45, 2.75) is 57.9 Å². The standard InChI is InChI=1S/C28H30N4O/c1-16-15-19(33-3)11-12-20(16)25-17(2)31-32-27(23-13-14-24(29)26(23)30-28(25)32)22-10-6-8-18-7-4-5-9-21(18)22/h4-5,7,9,11-12,15,22,24H,6,8,10,13-14,29H2,1-3H3. The SMILES string of the molecule is COc1ccc(-c2c(C)nn3c(C4CCCc5ccccc54)c4c(nc23)C(N)CC4)c(C)c1. The fourth-order valence-electron chi connectivity index (χ4n) is 5.98. The van der Waals surface area contributed by atoms with E-state index in [-0.39, 0.29) is 6.04 Å². The Bertz CT molecular complexity index is 1390. The van der Waals surface area contributed by atoms with Gasteiger partial charge in [0.2, 0.25) is 0 Å². The normalized spacial score (nSPS) is 19.5. The van der Waals surface area contributed by atoms with Gasteiger partial charge >= 0.3 is 0 Å². The number of aromatic nitrogens is 3. The van der Waals surface area contributed by atoms with Crippen LogP contribution >= 0.6 is 0 Å². The number of hydrogen-bond acceptors (Lipinski definition) is 4. The van der Waals surface area contributed by atoms with E-state index in [0.717, 1.165) is 65.2 Å². The van der Waals surface area contributed by atoms with Gasteiger partial charge in [0, 0.05) is 17.5 Å². The van der Waals surface area contributed by atoms with Gasteiger partial charge in [-0.1, -0.05) is 30.3 Å². The maximum absolute atomic E-state index is 6.59. The first kappa shape index (κ1) is 20.4. The molecule has 0 saturated carbocycles. The van der Waals surface area contributed by atoms with Crippen molar-refractivity contribution in [1.82, 2.24) is 14.6 Å². The molecule has 2 aromatic carbocycles. The fraction of sp³-hybridized carbons (Fsp3) is 0.357. The van der Waals surface area contributed by atoms with Crippen molar-refractivity contribution in [3.05, 3.63) is 81.8 Å². The van der Waals surface area contributed by atoms with Crippen LogP contribution in [0.5, 0.6) is 5.75 Å². The smallest absolute Gasteiger partial charge is 0.163 e. The Morgan fingerprint density at radius 3 is 2.73 bits per heavy atom. The van der Waals surface area contributed by atoms with Gasteiger partial charge in [-0.05, 0) is 85.9 Å². The van der Waals surface area contributed by atoms with E-state index >= 15 is 0 Å². The number of nitrogens with two attached hydrogens (primary N) is 1. The highest BCUT2D eigenvalue weighted by molar-refractivity contribution is 5.82. The van der Waals surface area contributed by atoms with E-state index in [2.05, 4.69) is 54.8 Å². The zero-order valence-corrected chi connectivity index (χ0v) is 19.6. The van der Waals surface area contributed by atoms with Gasteiger partial charge in [-0.3, -0.25) is 0 Å². The van der Waals surface area contributed by atoms with E-state index in [0.29, 0.717) is 5.92 Å². The predicted octanol–water partition coefficient (Wildman–Crippen LogP) is 5.44. The van der Waals surface area contributed by atoms with Gasteiger partial charge in [0.15, 0.2) is 5.65 Å². The summed E-state index contributed by atoms with van der Waals surface area (Å²) in [4.78, 5) is 5.17. The second kappa shape index (κ2) is 7.70. The molecular weight excluding hydrogens is 408 g/mol. The average molecular weight is 439 g/mol. The number of ether oxygens (including phenoxy) is 1. The third kappa shape index (κ3) is 3.10. The molecule has 0 aliphatic heterocycles. The van der Waals surface area contributed by atoms with Crippen molar-refractivity contribution >= 4 is 5.65 Å². The number of hydrogen-bond donors (Lipinski definition) is 1. The van der Waals surface area contributed by atoms with Crippen LogP contribution in [0.25, 0.3) is 16.8 Å². The van der Waals surface area contributed by atoms with Gasteiger partial charge in [0.05, 0.1) is 24.2 Å². The second-order valence-electron chi connectivity index (χ2n) is 9.53. The largest absolute Gasteiger partial charge is 0.497 e. The molecule has 2 unspecified atom stereocenters. The fourth-order valence-corrected chi connectivity index (χ4v) is 5.98. The van der Waals surface area contributed by atoms with E-state index in [1.807, 2.05) is 6.07 Å². The van der Waals surface area contributed by atoms with Crippen LogP contribution in [0.3, 0.4) is 0 Å². The molecule has 0 amide bonds. The molecule has 5 heteroatoms. The summed E-state index contributed by atoms with van der Waals surface area (Å²) in [6.45, 7) is 4.22. The van der Waals surface area contributed by atoms with Gasteiger partial charge in [0.1, 0.15) is 5.75 Å². The molecule has 5 nitrogen and oxygen atoms in total. The van der Waals surface area contributed by atoms with Crippen molar-refractivity contribution in [3.8, 4) is 16.9 Å².